The second-order valence-electron chi connectivity index (χ2n) is 5.02. The lowest BCUT2D eigenvalue weighted by molar-refractivity contribution is 0.316. The molecule has 0 aliphatic rings. The first kappa shape index (κ1) is 13.2. The van der Waals surface area contributed by atoms with Gasteiger partial charge in [-0.1, -0.05) is 27.7 Å². The fourth-order valence-corrected chi connectivity index (χ4v) is 3.15. The van der Waals surface area contributed by atoms with Gasteiger partial charge in [0, 0.05) is 10.9 Å². The fraction of sp³-hybridized carbons (Fsp3) is 0.667. The highest BCUT2D eigenvalue weighted by Crippen LogP contribution is 2.34. The first-order valence-corrected chi connectivity index (χ1v) is 7.02. The first-order chi connectivity index (χ1) is 6.92. The number of thiophene rings is 1. The normalized spacial score (nSPS) is 14.2. The van der Waals surface area contributed by atoms with Gasteiger partial charge in [-0.25, -0.2) is 0 Å². The van der Waals surface area contributed by atoms with Crippen molar-refractivity contribution in [3.05, 3.63) is 20.8 Å². The minimum absolute atomic E-state index is 0.364. The van der Waals surface area contributed by atoms with Gasteiger partial charge in [0.25, 0.3) is 0 Å². The molecule has 1 aromatic rings. The van der Waals surface area contributed by atoms with E-state index >= 15 is 0 Å². The third-order valence-corrected chi connectivity index (χ3v) is 3.94. The molecule has 0 saturated carbocycles. The van der Waals surface area contributed by atoms with E-state index in [4.69, 9.17) is 0 Å². The van der Waals surface area contributed by atoms with Crippen molar-refractivity contribution in [2.24, 2.45) is 5.41 Å². The highest BCUT2D eigenvalue weighted by molar-refractivity contribution is 9.11. The van der Waals surface area contributed by atoms with Gasteiger partial charge in [0.2, 0.25) is 0 Å². The molecule has 1 heterocycles. The molecule has 1 aromatic heterocycles. The summed E-state index contributed by atoms with van der Waals surface area (Å²) in [5.41, 5.74) is 0.364. The number of hydrogen-bond donors (Lipinski definition) is 1. The van der Waals surface area contributed by atoms with Crippen LogP contribution in [0.4, 0.5) is 0 Å². The molecule has 15 heavy (non-hydrogen) atoms. The SMILES string of the molecule is CCNC(CC(C)(C)C)c1ccc(Br)s1. The summed E-state index contributed by atoms with van der Waals surface area (Å²) in [6.07, 6.45) is 1.17. The molecule has 1 N–H and O–H groups in total. The Hall–Kier alpha value is 0.140. The molecule has 1 rings (SSSR count). The van der Waals surface area contributed by atoms with E-state index < -0.39 is 0 Å². The zero-order valence-corrected chi connectivity index (χ0v) is 12.3. The van der Waals surface area contributed by atoms with E-state index in [0.29, 0.717) is 11.5 Å². The molecule has 0 aromatic carbocycles. The molecule has 0 saturated heterocycles. The van der Waals surface area contributed by atoms with Crippen LogP contribution in [-0.4, -0.2) is 6.54 Å². The molecule has 1 atom stereocenters. The average Bonchev–Trinajstić information content (AvgIpc) is 2.48. The molecule has 0 fully saturated rings. The molecule has 0 aliphatic carbocycles. The van der Waals surface area contributed by atoms with Gasteiger partial charge < -0.3 is 5.32 Å². The zero-order valence-electron chi connectivity index (χ0n) is 9.93. The quantitative estimate of drug-likeness (QED) is 0.854. The van der Waals surface area contributed by atoms with Crippen LogP contribution in [0.2, 0.25) is 0 Å². The van der Waals surface area contributed by atoms with Crippen LogP contribution in [0.15, 0.2) is 15.9 Å². The van der Waals surface area contributed by atoms with Gasteiger partial charge in [0.15, 0.2) is 0 Å². The van der Waals surface area contributed by atoms with Crippen LogP contribution < -0.4 is 5.32 Å². The van der Waals surface area contributed by atoms with Crippen LogP contribution in [0.1, 0.15) is 45.0 Å². The van der Waals surface area contributed by atoms with Crippen LogP contribution in [-0.2, 0) is 0 Å². The van der Waals surface area contributed by atoms with Crippen molar-refractivity contribution in [2.75, 3.05) is 6.54 Å². The van der Waals surface area contributed by atoms with E-state index in [9.17, 15) is 0 Å². The summed E-state index contributed by atoms with van der Waals surface area (Å²) in [6, 6.07) is 4.84. The lowest BCUT2D eigenvalue weighted by Gasteiger charge is -2.25. The van der Waals surface area contributed by atoms with Crippen molar-refractivity contribution in [3.63, 3.8) is 0 Å². The Balaban J connectivity index is 2.74. The summed E-state index contributed by atoms with van der Waals surface area (Å²) in [5, 5.41) is 3.56. The summed E-state index contributed by atoms with van der Waals surface area (Å²) in [7, 11) is 0. The number of halogens is 1. The number of hydrogen-bond acceptors (Lipinski definition) is 2. The Bertz CT molecular complexity index is 301. The van der Waals surface area contributed by atoms with E-state index in [2.05, 4.69) is 61.1 Å². The van der Waals surface area contributed by atoms with Crippen LogP contribution in [0.5, 0.6) is 0 Å². The minimum atomic E-state index is 0.364. The molecule has 0 bridgehead atoms. The highest BCUT2D eigenvalue weighted by Gasteiger charge is 2.20. The number of rotatable bonds is 4. The smallest absolute Gasteiger partial charge is 0.0701 e. The second kappa shape index (κ2) is 5.46. The Morgan fingerprint density at radius 1 is 1.40 bits per heavy atom. The van der Waals surface area contributed by atoms with Crippen LogP contribution in [0.25, 0.3) is 0 Å². The van der Waals surface area contributed by atoms with Crippen LogP contribution in [0, 0.1) is 5.41 Å². The van der Waals surface area contributed by atoms with E-state index in [1.54, 1.807) is 0 Å². The van der Waals surface area contributed by atoms with Crippen LogP contribution in [0.3, 0.4) is 0 Å². The van der Waals surface area contributed by atoms with Crippen molar-refractivity contribution in [1.82, 2.24) is 5.32 Å². The Morgan fingerprint density at radius 2 is 2.07 bits per heavy atom. The van der Waals surface area contributed by atoms with Gasteiger partial charge in [-0.3, -0.25) is 0 Å². The lowest BCUT2D eigenvalue weighted by atomic mass is 9.87. The van der Waals surface area contributed by atoms with Gasteiger partial charge in [-0.15, -0.1) is 11.3 Å². The van der Waals surface area contributed by atoms with Gasteiger partial charge >= 0.3 is 0 Å². The third-order valence-electron chi connectivity index (χ3n) is 2.20. The molecule has 3 heteroatoms. The maximum absolute atomic E-state index is 3.56. The van der Waals surface area contributed by atoms with Crippen molar-refractivity contribution in [1.29, 1.82) is 0 Å². The van der Waals surface area contributed by atoms with Crippen molar-refractivity contribution < 1.29 is 0 Å². The summed E-state index contributed by atoms with van der Waals surface area (Å²) < 4.78 is 1.22. The Kier molecular flexibility index (Phi) is 4.81. The second-order valence-corrected chi connectivity index (χ2v) is 7.51. The lowest BCUT2D eigenvalue weighted by Crippen LogP contribution is -2.24. The van der Waals surface area contributed by atoms with Gasteiger partial charge in [0.05, 0.1) is 3.79 Å². The first-order valence-electron chi connectivity index (χ1n) is 5.41. The van der Waals surface area contributed by atoms with E-state index in [0.717, 1.165) is 6.54 Å². The summed E-state index contributed by atoms with van der Waals surface area (Å²) in [5.74, 6) is 0. The molecular formula is C12H20BrNS. The van der Waals surface area contributed by atoms with Crippen molar-refractivity contribution >= 4 is 27.3 Å². The van der Waals surface area contributed by atoms with Gasteiger partial charge in [0.1, 0.15) is 0 Å². The minimum Gasteiger partial charge on any atom is -0.310 e. The van der Waals surface area contributed by atoms with Crippen molar-refractivity contribution in [2.45, 2.75) is 40.2 Å². The van der Waals surface area contributed by atoms with Gasteiger partial charge in [-0.05, 0) is 46.4 Å². The van der Waals surface area contributed by atoms with E-state index in [1.807, 2.05) is 11.3 Å². The molecule has 1 unspecified atom stereocenters. The van der Waals surface area contributed by atoms with Crippen molar-refractivity contribution in [3.8, 4) is 0 Å². The number of nitrogens with one attached hydrogen (secondary N) is 1. The standard InChI is InChI=1S/C12H20BrNS/c1-5-14-9(8-12(2,3)4)10-6-7-11(13)15-10/h6-7,9,14H,5,8H2,1-4H3. The third kappa shape index (κ3) is 4.66. The van der Waals surface area contributed by atoms with E-state index in [1.165, 1.54) is 15.1 Å². The summed E-state index contributed by atoms with van der Waals surface area (Å²) in [6.45, 7) is 10.1. The highest BCUT2D eigenvalue weighted by atomic mass is 79.9. The summed E-state index contributed by atoms with van der Waals surface area (Å²) >= 11 is 5.35. The van der Waals surface area contributed by atoms with Crippen LogP contribution >= 0.6 is 27.3 Å². The topological polar surface area (TPSA) is 12.0 Å². The zero-order chi connectivity index (χ0) is 11.5. The molecule has 0 spiro atoms. The predicted molar refractivity (Wildman–Crippen MR) is 72.5 cm³/mol. The molecule has 0 amide bonds. The predicted octanol–water partition coefficient (Wildman–Crippen LogP) is 4.60. The molecule has 0 aliphatic heterocycles. The Morgan fingerprint density at radius 3 is 2.47 bits per heavy atom. The largest absolute Gasteiger partial charge is 0.310 e. The fourth-order valence-electron chi connectivity index (χ4n) is 1.65. The monoisotopic (exact) mass is 289 g/mol. The summed E-state index contributed by atoms with van der Waals surface area (Å²) in [4.78, 5) is 1.43. The van der Waals surface area contributed by atoms with E-state index in [-0.39, 0.29) is 0 Å². The molecular weight excluding hydrogens is 270 g/mol. The van der Waals surface area contributed by atoms with Gasteiger partial charge in [-0.2, -0.15) is 0 Å². The molecule has 1 nitrogen and oxygen atoms in total. The maximum atomic E-state index is 3.56. The maximum Gasteiger partial charge on any atom is 0.0701 e. The molecule has 0 radical (unpaired) electrons. The average molecular weight is 290 g/mol. The Labute approximate surface area is 105 Å². The molecule has 86 valence electrons.